The molecule has 5 N–H and O–H groups in total. The lowest BCUT2D eigenvalue weighted by atomic mass is 10.1. The number of esters is 1. The number of ether oxygens (including phenoxy) is 2. The summed E-state index contributed by atoms with van der Waals surface area (Å²) in [6.07, 6.45) is 0. The Bertz CT molecular complexity index is 1200. The van der Waals surface area contributed by atoms with Crippen LogP contribution in [-0.4, -0.2) is 30.2 Å². The molecule has 0 fully saturated rings. The molecule has 0 aliphatic rings. The van der Waals surface area contributed by atoms with Crippen LogP contribution < -0.4 is 16.8 Å². The molecule has 1 atom stereocenters. The number of para-hydroxylation sites is 2. The summed E-state index contributed by atoms with van der Waals surface area (Å²) >= 11 is 0. The predicted molar refractivity (Wildman–Crippen MR) is 128 cm³/mol. The Labute approximate surface area is 186 Å². The largest absolute Gasteiger partial charge is 0.462 e. The second-order valence-electron chi connectivity index (χ2n) is 7.62. The highest BCUT2D eigenvalue weighted by Crippen LogP contribution is 2.33. The third-order valence-electron chi connectivity index (χ3n) is 4.98. The quantitative estimate of drug-likeness (QED) is 0.167. The molecular weight excluding hydrogens is 404 g/mol. The molecule has 0 aliphatic carbocycles. The fraction of sp³-hybridized carbons (Fsp3) is 0.200. The van der Waals surface area contributed by atoms with E-state index >= 15 is 0 Å². The van der Waals surface area contributed by atoms with Crippen molar-refractivity contribution >= 4 is 44.8 Å². The van der Waals surface area contributed by atoms with Gasteiger partial charge in [-0.1, -0.05) is 36.4 Å². The van der Waals surface area contributed by atoms with Crippen LogP contribution in [0.2, 0.25) is 0 Å². The second-order valence-corrected chi connectivity index (χ2v) is 7.62. The van der Waals surface area contributed by atoms with Crippen molar-refractivity contribution in [2.24, 2.45) is 5.73 Å². The third kappa shape index (κ3) is 4.96. The molecule has 7 heteroatoms. The summed E-state index contributed by atoms with van der Waals surface area (Å²) in [4.78, 5) is 16.2. The lowest BCUT2D eigenvalue weighted by Crippen LogP contribution is -2.29. The first-order valence-corrected chi connectivity index (χ1v) is 10.4. The summed E-state index contributed by atoms with van der Waals surface area (Å²) in [6, 6.07) is 21.2. The van der Waals surface area contributed by atoms with E-state index in [1.165, 1.54) is 0 Å². The standard InChI is InChI=1S/C25H26N4O3/c1-16(26)25(30)32-11-10-31-15-17-12-18(27)14-19(13-17)28-24-20-6-2-4-8-22(20)29-23-9-5-3-7-21(23)24/h2-9,12-14,16H,10-11,15,26-27H2,1H3,(H,28,29). The van der Waals surface area contributed by atoms with Crippen LogP contribution >= 0.6 is 0 Å². The van der Waals surface area contributed by atoms with E-state index in [1.807, 2.05) is 54.6 Å². The number of anilines is 3. The van der Waals surface area contributed by atoms with Crippen molar-refractivity contribution in [3.63, 3.8) is 0 Å². The van der Waals surface area contributed by atoms with Gasteiger partial charge in [-0.25, -0.2) is 4.98 Å². The first kappa shape index (κ1) is 21.5. The van der Waals surface area contributed by atoms with Crippen LogP contribution in [0.3, 0.4) is 0 Å². The van der Waals surface area contributed by atoms with Crippen LogP contribution in [0.15, 0.2) is 66.7 Å². The number of nitrogens with one attached hydrogen (secondary N) is 1. The molecule has 7 nitrogen and oxygen atoms in total. The van der Waals surface area contributed by atoms with Crippen LogP contribution in [0, 0.1) is 0 Å². The normalized spacial score (nSPS) is 12.1. The van der Waals surface area contributed by atoms with Crippen molar-refractivity contribution in [1.82, 2.24) is 4.98 Å². The predicted octanol–water partition coefficient (Wildman–Crippen LogP) is 4.12. The molecule has 1 unspecified atom stereocenters. The highest BCUT2D eigenvalue weighted by atomic mass is 16.6. The number of nitrogens with zero attached hydrogens (tertiary/aromatic N) is 1. The zero-order chi connectivity index (χ0) is 22.5. The van der Waals surface area contributed by atoms with Gasteiger partial charge in [0.05, 0.1) is 29.9 Å². The summed E-state index contributed by atoms with van der Waals surface area (Å²) in [6.45, 7) is 2.35. The van der Waals surface area contributed by atoms with Gasteiger partial charge in [0.15, 0.2) is 0 Å². The highest BCUT2D eigenvalue weighted by molar-refractivity contribution is 6.08. The number of carbonyl (C=O) groups excluding carboxylic acids is 1. The minimum absolute atomic E-state index is 0.156. The molecule has 164 valence electrons. The van der Waals surface area contributed by atoms with E-state index in [0.29, 0.717) is 12.3 Å². The Morgan fingerprint density at radius 2 is 1.66 bits per heavy atom. The van der Waals surface area contributed by atoms with Crippen LogP contribution in [0.1, 0.15) is 12.5 Å². The number of fused-ring (bicyclic) bond motifs is 2. The zero-order valence-electron chi connectivity index (χ0n) is 17.9. The van der Waals surface area contributed by atoms with E-state index in [1.54, 1.807) is 6.92 Å². The zero-order valence-corrected chi connectivity index (χ0v) is 17.9. The van der Waals surface area contributed by atoms with Crippen molar-refractivity contribution < 1.29 is 14.3 Å². The van der Waals surface area contributed by atoms with Crippen LogP contribution in [-0.2, 0) is 20.9 Å². The summed E-state index contributed by atoms with van der Waals surface area (Å²) in [5.74, 6) is -0.444. The lowest BCUT2D eigenvalue weighted by Gasteiger charge is -2.15. The van der Waals surface area contributed by atoms with Crippen molar-refractivity contribution in [2.75, 3.05) is 24.3 Å². The number of hydrogen-bond acceptors (Lipinski definition) is 7. The number of nitrogens with two attached hydrogens (primary N) is 2. The molecule has 4 aromatic rings. The Kier molecular flexibility index (Phi) is 6.49. The van der Waals surface area contributed by atoms with Gasteiger partial charge < -0.3 is 26.3 Å². The molecule has 3 aromatic carbocycles. The Morgan fingerprint density at radius 3 is 2.31 bits per heavy atom. The van der Waals surface area contributed by atoms with E-state index in [9.17, 15) is 4.79 Å². The number of rotatable bonds is 8. The average Bonchev–Trinajstić information content (AvgIpc) is 2.78. The van der Waals surface area contributed by atoms with Gasteiger partial charge in [0.2, 0.25) is 0 Å². The molecule has 1 heterocycles. The number of carbonyl (C=O) groups is 1. The number of hydrogen-bond donors (Lipinski definition) is 3. The smallest absolute Gasteiger partial charge is 0.322 e. The molecule has 4 rings (SSSR count). The number of aromatic nitrogens is 1. The van der Waals surface area contributed by atoms with Gasteiger partial charge in [0.1, 0.15) is 12.6 Å². The molecule has 0 bridgehead atoms. The molecular formula is C25H26N4O3. The average molecular weight is 431 g/mol. The number of benzene rings is 3. The van der Waals surface area contributed by atoms with Gasteiger partial charge in [-0.15, -0.1) is 0 Å². The number of pyridine rings is 1. The van der Waals surface area contributed by atoms with Crippen LogP contribution in [0.25, 0.3) is 21.8 Å². The second kappa shape index (κ2) is 9.64. The monoisotopic (exact) mass is 430 g/mol. The molecule has 0 aliphatic heterocycles. The van der Waals surface area contributed by atoms with Crippen molar-refractivity contribution in [1.29, 1.82) is 0 Å². The summed E-state index contributed by atoms with van der Waals surface area (Å²) in [7, 11) is 0. The van der Waals surface area contributed by atoms with Gasteiger partial charge in [-0.3, -0.25) is 4.79 Å². The molecule has 0 radical (unpaired) electrons. The minimum Gasteiger partial charge on any atom is -0.462 e. The van der Waals surface area contributed by atoms with Gasteiger partial charge in [-0.05, 0) is 42.8 Å². The fourth-order valence-electron chi connectivity index (χ4n) is 3.52. The van der Waals surface area contributed by atoms with Gasteiger partial charge in [-0.2, -0.15) is 0 Å². The summed E-state index contributed by atoms with van der Waals surface area (Å²) in [5.41, 5.74) is 16.8. The molecule has 0 saturated carbocycles. The lowest BCUT2D eigenvalue weighted by molar-refractivity contribution is -0.146. The van der Waals surface area contributed by atoms with Gasteiger partial charge >= 0.3 is 5.97 Å². The molecule has 0 amide bonds. The van der Waals surface area contributed by atoms with Crippen LogP contribution in [0.5, 0.6) is 0 Å². The summed E-state index contributed by atoms with van der Waals surface area (Å²) in [5, 5.41) is 5.60. The Morgan fingerprint density at radius 1 is 1.00 bits per heavy atom. The maximum absolute atomic E-state index is 11.4. The van der Waals surface area contributed by atoms with E-state index in [-0.39, 0.29) is 13.2 Å². The first-order valence-electron chi connectivity index (χ1n) is 10.4. The van der Waals surface area contributed by atoms with Gasteiger partial charge in [0, 0.05) is 22.1 Å². The van der Waals surface area contributed by atoms with E-state index in [2.05, 4.69) is 17.4 Å². The summed E-state index contributed by atoms with van der Waals surface area (Å²) < 4.78 is 10.7. The molecule has 0 spiro atoms. The Hall–Kier alpha value is -3.68. The molecule has 0 saturated heterocycles. The number of nitrogen functional groups attached to an aromatic ring is 1. The third-order valence-corrected chi connectivity index (χ3v) is 4.98. The van der Waals surface area contributed by atoms with E-state index in [0.717, 1.165) is 38.7 Å². The highest BCUT2D eigenvalue weighted by Gasteiger charge is 2.10. The maximum Gasteiger partial charge on any atom is 0.322 e. The molecule has 1 aromatic heterocycles. The van der Waals surface area contributed by atoms with Crippen molar-refractivity contribution in [3.05, 3.63) is 72.3 Å². The van der Waals surface area contributed by atoms with Crippen molar-refractivity contribution in [2.45, 2.75) is 19.6 Å². The maximum atomic E-state index is 11.4. The van der Waals surface area contributed by atoms with Gasteiger partial charge in [0.25, 0.3) is 0 Å². The first-order chi connectivity index (χ1) is 15.5. The van der Waals surface area contributed by atoms with E-state index < -0.39 is 12.0 Å². The topological polar surface area (TPSA) is 112 Å². The van der Waals surface area contributed by atoms with Crippen LogP contribution in [0.4, 0.5) is 17.1 Å². The SMILES string of the molecule is CC(N)C(=O)OCCOCc1cc(N)cc(Nc2c3ccccc3nc3ccccc23)c1. The van der Waals surface area contributed by atoms with E-state index in [4.69, 9.17) is 25.9 Å². The molecule has 32 heavy (non-hydrogen) atoms. The van der Waals surface area contributed by atoms with Crippen molar-refractivity contribution in [3.8, 4) is 0 Å². The Balaban J connectivity index is 1.53. The fourth-order valence-corrected chi connectivity index (χ4v) is 3.52. The minimum atomic E-state index is -0.641.